The lowest BCUT2D eigenvalue weighted by Gasteiger charge is -2.14. The van der Waals surface area contributed by atoms with Crippen molar-refractivity contribution in [3.05, 3.63) is 53.6 Å². The molecule has 0 aliphatic carbocycles. The first-order valence-corrected chi connectivity index (χ1v) is 8.31. The number of anilines is 1. The summed E-state index contributed by atoms with van der Waals surface area (Å²) in [5.74, 6) is 0.379. The molecule has 0 amide bonds. The van der Waals surface area contributed by atoms with Crippen molar-refractivity contribution in [2.75, 3.05) is 12.5 Å². The lowest BCUT2D eigenvalue weighted by atomic mass is 10.1. The molecule has 0 saturated heterocycles. The first-order chi connectivity index (χ1) is 13.7. The monoisotopic (exact) mass is 407 g/mol. The lowest BCUT2D eigenvalue weighted by molar-refractivity contribution is -0.137. The Labute approximate surface area is 161 Å². The molecule has 0 radical (unpaired) electrons. The normalized spacial score (nSPS) is 12.9. The van der Waals surface area contributed by atoms with Crippen LogP contribution in [0.2, 0.25) is 0 Å². The van der Waals surface area contributed by atoms with Crippen molar-refractivity contribution in [3.63, 3.8) is 0 Å². The Balaban J connectivity index is 1.72. The number of aromatic nitrogens is 2. The topological polar surface area (TPSA) is 79.5 Å². The molecule has 29 heavy (non-hydrogen) atoms. The molecule has 0 unspecified atom stereocenters. The van der Waals surface area contributed by atoms with Gasteiger partial charge in [0.25, 0.3) is 0 Å². The third kappa shape index (κ3) is 3.60. The summed E-state index contributed by atoms with van der Waals surface area (Å²) in [6.45, 7) is 1.61. The highest BCUT2D eigenvalue weighted by Gasteiger charge is 2.31. The molecule has 0 fully saturated rings. The van der Waals surface area contributed by atoms with Crippen molar-refractivity contribution >= 4 is 5.69 Å². The van der Waals surface area contributed by atoms with Gasteiger partial charge in [-0.1, -0.05) is 0 Å². The summed E-state index contributed by atoms with van der Waals surface area (Å²) in [6.07, 6.45) is -4.67. The molecule has 2 N–H and O–H groups in total. The summed E-state index contributed by atoms with van der Waals surface area (Å²) in [6, 6.07) is 6.93. The second-order valence-corrected chi connectivity index (χ2v) is 6.15. The van der Waals surface area contributed by atoms with Crippen LogP contribution in [0.3, 0.4) is 0 Å². The van der Waals surface area contributed by atoms with E-state index in [1.807, 2.05) is 0 Å². The van der Waals surface area contributed by atoms with E-state index in [1.54, 1.807) is 18.2 Å². The average Bonchev–Trinajstić information content (AvgIpc) is 3.11. The molecule has 1 aliphatic heterocycles. The number of aryl methyl sites for hydroxylation is 1. The predicted octanol–water partition coefficient (Wildman–Crippen LogP) is 4.71. The molecule has 10 heteroatoms. The molecule has 0 atom stereocenters. The van der Waals surface area contributed by atoms with Crippen LogP contribution in [-0.4, -0.2) is 16.8 Å². The zero-order valence-corrected chi connectivity index (χ0v) is 14.9. The van der Waals surface area contributed by atoms with E-state index in [9.17, 15) is 17.6 Å². The Bertz CT molecular complexity index is 1100. The second-order valence-electron chi connectivity index (χ2n) is 6.15. The number of nitrogens with two attached hydrogens (primary N) is 1. The molecule has 1 aliphatic rings. The lowest BCUT2D eigenvalue weighted by Crippen LogP contribution is -2.07. The number of halogens is 4. The molecule has 3 aromatic rings. The molecule has 6 nitrogen and oxygen atoms in total. The zero-order valence-electron chi connectivity index (χ0n) is 14.9. The van der Waals surface area contributed by atoms with Gasteiger partial charge in [-0.05, 0) is 37.3 Å². The van der Waals surface area contributed by atoms with Crippen molar-refractivity contribution in [1.29, 1.82) is 0 Å². The van der Waals surface area contributed by atoms with E-state index in [2.05, 4.69) is 9.97 Å². The molecule has 1 aromatic heterocycles. The molecular weight excluding hydrogens is 394 g/mol. The second kappa shape index (κ2) is 6.80. The molecule has 0 bridgehead atoms. The summed E-state index contributed by atoms with van der Waals surface area (Å²) < 4.78 is 68.9. The third-order valence-corrected chi connectivity index (χ3v) is 4.13. The summed E-state index contributed by atoms with van der Waals surface area (Å²) in [5.41, 5.74) is 4.55. The number of nitrogen functional groups attached to an aromatic ring is 1. The van der Waals surface area contributed by atoms with Crippen LogP contribution in [0.25, 0.3) is 11.3 Å². The van der Waals surface area contributed by atoms with Crippen LogP contribution in [0.15, 0.2) is 36.4 Å². The highest BCUT2D eigenvalue weighted by atomic mass is 19.4. The molecular formula is C19H13F4N3O3. The van der Waals surface area contributed by atoms with Gasteiger partial charge in [-0.3, -0.25) is 0 Å². The van der Waals surface area contributed by atoms with Crippen LogP contribution >= 0.6 is 0 Å². The van der Waals surface area contributed by atoms with Gasteiger partial charge in [0, 0.05) is 11.6 Å². The van der Waals surface area contributed by atoms with Gasteiger partial charge in [0.05, 0.1) is 5.56 Å². The fraction of sp³-hybridized carbons (Fsp3) is 0.158. The van der Waals surface area contributed by atoms with Gasteiger partial charge in [-0.2, -0.15) is 18.2 Å². The fourth-order valence-corrected chi connectivity index (χ4v) is 2.77. The van der Waals surface area contributed by atoms with Crippen LogP contribution in [0.5, 0.6) is 23.1 Å². The van der Waals surface area contributed by atoms with E-state index in [0.717, 1.165) is 12.1 Å². The Hall–Kier alpha value is -3.56. The first kappa shape index (κ1) is 18.8. The van der Waals surface area contributed by atoms with Gasteiger partial charge in [0.1, 0.15) is 28.8 Å². The number of hydrogen-bond donors (Lipinski definition) is 1. The van der Waals surface area contributed by atoms with Crippen LogP contribution in [0.4, 0.5) is 23.2 Å². The third-order valence-electron chi connectivity index (χ3n) is 4.13. The van der Waals surface area contributed by atoms with Gasteiger partial charge in [0.15, 0.2) is 11.5 Å². The van der Waals surface area contributed by atoms with Crippen LogP contribution in [0, 0.1) is 12.7 Å². The summed E-state index contributed by atoms with van der Waals surface area (Å²) in [5, 5.41) is 0. The van der Waals surface area contributed by atoms with E-state index in [0.29, 0.717) is 23.3 Å². The number of alkyl halides is 3. The first-order valence-electron chi connectivity index (χ1n) is 8.31. The maximum atomic E-state index is 14.4. The smallest absolute Gasteiger partial charge is 0.416 e. The number of hydrogen-bond acceptors (Lipinski definition) is 6. The minimum absolute atomic E-state index is 0.0642. The van der Waals surface area contributed by atoms with E-state index in [1.165, 1.54) is 6.92 Å². The fourth-order valence-electron chi connectivity index (χ4n) is 2.77. The van der Waals surface area contributed by atoms with E-state index in [-0.39, 0.29) is 35.4 Å². The van der Waals surface area contributed by atoms with Crippen molar-refractivity contribution in [3.8, 4) is 34.4 Å². The Morgan fingerprint density at radius 2 is 1.79 bits per heavy atom. The number of nitrogens with zero attached hydrogens (tertiary/aromatic N) is 2. The van der Waals surface area contributed by atoms with E-state index in [4.69, 9.17) is 19.9 Å². The molecule has 2 aromatic carbocycles. The maximum Gasteiger partial charge on any atom is 0.416 e. The van der Waals surface area contributed by atoms with Crippen LogP contribution < -0.4 is 19.9 Å². The van der Waals surface area contributed by atoms with Crippen molar-refractivity contribution in [2.45, 2.75) is 13.1 Å². The van der Waals surface area contributed by atoms with Gasteiger partial charge >= 0.3 is 6.18 Å². The summed E-state index contributed by atoms with van der Waals surface area (Å²) >= 11 is 0. The number of benzene rings is 2. The molecule has 0 saturated carbocycles. The number of rotatable bonds is 3. The quantitative estimate of drug-likeness (QED) is 0.634. The molecule has 4 rings (SSSR count). The summed E-state index contributed by atoms with van der Waals surface area (Å²) in [4.78, 5) is 8.18. The minimum atomic E-state index is -4.67. The molecule has 2 heterocycles. The van der Waals surface area contributed by atoms with Crippen LogP contribution in [0.1, 0.15) is 11.4 Å². The van der Waals surface area contributed by atoms with E-state index < -0.39 is 17.6 Å². The maximum absolute atomic E-state index is 14.4. The van der Waals surface area contributed by atoms with Gasteiger partial charge < -0.3 is 19.9 Å². The SMILES string of the molecule is Cc1nc(Oc2ccc3c(c2)OCO3)c(N)c(-c2ccc(C(F)(F)F)cc2F)n1. The van der Waals surface area contributed by atoms with Crippen molar-refractivity contribution in [1.82, 2.24) is 9.97 Å². The molecule has 150 valence electrons. The Morgan fingerprint density at radius 1 is 1.03 bits per heavy atom. The van der Waals surface area contributed by atoms with Crippen molar-refractivity contribution in [2.24, 2.45) is 0 Å². The largest absolute Gasteiger partial charge is 0.454 e. The number of fused-ring (bicyclic) bond motifs is 1. The Morgan fingerprint density at radius 3 is 2.52 bits per heavy atom. The zero-order chi connectivity index (χ0) is 20.8. The standard InChI is InChI=1S/C19H13F4N3O3/c1-9-25-17(12-4-2-10(6-13(12)20)19(21,22)23)16(24)18(26-9)29-11-3-5-14-15(7-11)28-8-27-14/h2-7H,8,24H2,1H3. The minimum Gasteiger partial charge on any atom is -0.454 e. The van der Waals surface area contributed by atoms with E-state index >= 15 is 0 Å². The highest BCUT2D eigenvalue weighted by Crippen LogP contribution is 2.39. The Kier molecular flexibility index (Phi) is 4.40. The van der Waals surface area contributed by atoms with Crippen LogP contribution in [-0.2, 0) is 6.18 Å². The predicted molar refractivity (Wildman–Crippen MR) is 94.2 cm³/mol. The number of ether oxygens (including phenoxy) is 3. The van der Waals surface area contributed by atoms with Crippen molar-refractivity contribution < 1.29 is 31.8 Å². The van der Waals surface area contributed by atoms with Gasteiger partial charge in [-0.15, -0.1) is 0 Å². The van der Waals surface area contributed by atoms with Gasteiger partial charge in [0.2, 0.25) is 12.7 Å². The highest BCUT2D eigenvalue weighted by molar-refractivity contribution is 5.76. The average molecular weight is 407 g/mol. The molecule has 0 spiro atoms. The van der Waals surface area contributed by atoms with Gasteiger partial charge in [-0.25, -0.2) is 9.37 Å². The summed E-state index contributed by atoms with van der Waals surface area (Å²) in [7, 11) is 0.